The lowest BCUT2D eigenvalue weighted by molar-refractivity contribution is -0.132. The van der Waals surface area contributed by atoms with Gasteiger partial charge in [-0.15, -0.1) is 0 Å². The van der Waals surface area contributed by atoms with E-state index in [1.54, 1.807) is 24.3 Å². The third-order valence-electron chi connectivity index (χ3n) is 5.56. The molecule has 0 radical (unpaired) electrons. The summed E-state index contributed by atoms with van der Waals surface area (Å²) in [5, 5.41) is 11.8. The number of amides is 1. The fourth-order valence-electron chi connectivity index (χ4n) is 3.99. The molecule has 1 fully saturated rings. The Morgan fingerprint density at radius 3 is 2.26 bits per heavy atom. The Kier molecular flexibility index (Phi) is 5.42. The third kappa shape index (κ3) is 3.75. The number of carbonyl (C=O) groups excluding carboxylic acids is 2. The highest BCUT2D eigenvalue weighted by Gasteiger charge is 2.47. The molecule has 1 unspecified atom stereocenters. The van der Waals surface area contributed by atoms with Crippen molar-refractivity contribution in [3.63, 3.8) is 0 Å². The van der Waals surface area contributed by atoms with Crippen LogP contribution in [0.15, 0.2) is 72.3 Å². The lowest BCUT2D eigenvalue weighted by atomic mass is 9.92. The standard InChI is InChI=1S/C26H22ClNO3/c1-15-5-4-6-18(13-15)23-22(24(29)21-14-16(2)7-8-17(21)3)25(30)26(31)28(23)20-11-9-19(27)10-12-20/h4-14,23,29H,1-3H3/b24-22+. The van der Waals surface area contributed by atoms with Gasteiger partial charge in [0.25, 0.3) is 11.7 Å². The number of ketones is 1. The number of aliphatic hydroxyl groups is 1. The molecule has 1 atom stereocenters. The number of benzene rings is 3. The maximum absolute atomic E-state index is 13.2. The van der Waals surface area contributed by atoms with Crippen LogP contribution in [0, 0.1) is 20.8 Å². The molecule has 1 saturated heterocycles. The average molecular weight is 432 g/mol. The first-order valence-corrected chi connectivity index (χ1v) is 10.4. The van der Waals surface area contributed by atoms with E-state index in [9.17, 15) is 14.7 Å². The van der Waals surface area contributed by atoms with Crippen LogP contribution in [0.5, 0.6) is 0 Å². The number of Topliss-reactive ketones (excluding diaryl/α,β-unsaturated/α-hetero) is 1. The van der Waals surface area contributed by atoms with Crippen LogP contribution >= 0.6 is 11.6 Å². The Morgan fingerprint density at radius 2 is 1.58 bits per heavy atom. The van der Waals surface area contributed by atoms with Crippen LogP contribution in [-0.4, -0.2) is 16.8 Å². The number of halogens is 1. The van der Waals surface area contributed by atoms with E-state index in [0.717, 1.165) is 22.3 Å². The first-order chi connectivity index (χ1) is 14.8. The van der Waals surface area contributed by atoms with Crippen molar-refractivity contribution < 1.29 is 14.7 Å². The van der Waals surface area contributed by atoms with Gasteiger partial charge in [0.2, 0.25) is 0 Å². The number of hydrogen-bond acceptors (Lipinski definition) is 3. The molecule has 1 aliphatic heterocycles. The van der Waals surface area contributed by atoms with Crippen LogP contribution in [0.25, 0.3) is 5.76 Å². The molecule has 0 aromatic heterocycles. The summed E-state index contributed by atoms with van der Waals surface area (Å²) in [6, 6.07) is 19.3. The van der Waals surface area contributed by atoms with Crippen LogP contribution in [0.3, 0.4) is 0 Å². The Labute approximate surface area is 186 Å². The van der Waals surface area contributed by atoms with Crippen LogP contribution < -0.4 is 4.90 Å². The van der Waals surface area contributed by atoms with E-state index >= 15 is 0 Å². The van der Waals surface area contributed by atoms with E-state index in [0.29, 0.717) is 16.3 Å². The zero-order chi connectivity index (χ0) is 22.3. The quantitative estimate of drug-likeness (QED) is 0.319. The van der Waals surface area contributed by atoms with E-state index in [-0.39, 0.29) is 11.3 Å². The van der Waals surface area contributed by atoms with E-state index in [4.69, 9.17) is 11.6 Å². The summed E-state index contributed by atoms with van der Waals surface area (Å²) in [5.74, 6) is -1.55. The molecule has 1 aliphatic rings. The number of aliphatic hydroxyl groups excluding tert-OH is 1. The van der Waals surface area contributed by atoms with Gasteiger partial charge in [0, 0.05) is 16.3 Å². The third-order valence-corrected chi connectivity index (χ3v) is 5.81. The van der Waals surface area contributed by atoms with Gasteiger partial charge in [0.05, 0.1) is 11.6 Å². The van der Waals surface area contributed by atoms with Gasteiger partial charge in [0.1, 0.15) is 5.76 Å². The predicted molar refractivity (Wildman–Crippen MR) is 123 cm³/mol. The molecule has 31 heavy (non-hydrogen) atoms. The summed E-state index contributed by atoms with van der Waals surface area (Å²) in [7, 11) is 0. The average Bonchev–Trinajstić information content (AvgIpc) is 3.01. The molecule has 0 aliphatic carbocycles. The van der Waals surface area contributed by atoms with Crippen LogP contribution in [0.4, 0.5) is 5.69 Å². The monoisotopic (exact) mass is 431 g/mol. The van der Waals surface area contributed by atoms with Crippen molar-refractivity contribution in [2.75, 3.05) is 4.90 Å². The number of hydrogen-bond donors (Lipinski definition) is 1. The highest BCUT2D eigenvalue weighted by molar-refractivity contribution is 6.51. The van der Waals surface area contributed by atoms with Gasteiger partial charge in [0.15, 0.2) is 0 Å². The first-order valence-electron chi connectivity index (χ1n) is 9.98. The maximum atomic E-state index is 13.2. The van der Waals surface area contributed by atoms with E-state index in [1.807, 2.05) is 63.2 Å². The number of aryl methyl sites for hydroxylation is 3. The molecular formula is C26H22ClNO3. The minimum Gasteiger partial charge on any atom is -0.507 e. The van der Waals surface area contributed by atoms with Crippen molar-refractivity contribution in [1.82, 2.24) is 0 Å². The zero-order valence-electron chi connectivity index (χ0n) is 17.5. The Morgan fingerprint density at radius 1 is 0.903 bits per heavy atom. The normalized spacial score (nSPS) is 17.9. The Balaban J connectivity index is 1.99. The molecule has 0 saturated carbocycles. The maximum Gasteiger partial charge on any atom is 0.300 e. The van der Waals surface area contributed by atoms with E-state index in [2.05, 4.69) is 0 Å². The van der Waals surface area contributed by atoms with Crippen molar-refractivity contribution in [2.24, 2.45) is 0 Å². The molecule has 4 nitrogen and oxygen atoms in total. The molecule has 3 aromatic carbocycles. The smallest absolute Gasteiger partial charge is 0.300 e. The van der Waals surface area contributed by atoms with E-state index < -0.39 is 17.7 Å². The molecule has 0 spiro atoms. The van der Waals surface area contributed by atoms with Crippen molar-refractivity contribution in [2.45, 2.75) is 26.8 Å². The second-order valence-corrected chi connectivity index (χ2v) is 8.31. The molecule has 4 rings (SSSR count). The molecular weight excluding hydrogens is 410 g/mol. The lowest BCUT2D eigenvalue weighted by Gasteiger charge is -2.26. The topological polar surface area (TPSA) is 57.6 Å². The second kappa shape index (κ2) is 8.05. The summed E-state index contributed by atoms with van der Waals surface area (Å²) < 4.78 is 0. The van der Waals surface area contributed by atoms with Crippen molar-refractivity contribution in [3.8, 4) is 0 Å². The van der Waals surface area contributed by atoms with E-state index in [1.165, 1.54) is 4.90 Å². The number of anilines is 1. The van der Waals surface area contributed by atoms with Gasteiger partial charge < -0.3 is 5.11 Å². The van der Waals surface area contributed by atoms with Crippen molar-refractivity contribution in [3.05, 3.63) is 105 Å². The SMILES string of the molecule is Cc1cccc(C2/C(=C(\O)c3cc(C)ccc3C)C(=O)C(=O)N2c2ccc(Cl)cc2)c1. The fraction of sp³-hybridized carbons (Fsp3) is 0.154. The largest absolute Gasteiger partial charge is 0.507 e. The molecule has 5 heteroatoms. The number of nitrogens with zero attached hydrogens (tertiary/aromatic N) is 1. The fourth-order valence-corrected chi connectivity index (χ4v) is 4.12. The Hall–Kier alpha value is -3.37. The molecule has 1 heterocycles. The van der Waals surface area contributed by atoms with Gasteiger partial charge in [-0.25, -0.2) is 0 Å². The number of rotatable bonds is 3. The van der Waals surface area contributed by atoms with Gasteiger partial charge >= 0.3 is 0 Å². The minimum absolute atomic E-state index is 0.0826. The molecule has 3 aromatic rings. The summed E-state index contributed by atoms with van der Waals surface area (Å²) in [6.07, 6.45) is 0. The highest BCUT2D eigenvalue weighted by Crippen LogP contribution is 2.42. The lowest BCUT2D eigenvalue weighted by Crippen LogP contribution is -2.29. The summed E-state index contributed by atoms with van der Waals surface area (Å²) in [4.78, 5) is 27.8. The molecule has 1 amide bonds. The summed E-state index contributed by atoms with van der Waals surface area (Å²) >= 11 is 6.03. The predicted octanol–water partition coefficient (Wildman–Crippen LogP) is 5.89. The van der Waals surface area contributed by atoms with Gasteiger partial charge in [-0.1, -0.05) is 59.1 Å². The number of carbonyl (C=O) groups is 2. The van der Waals surface area contributed by atoms with Crippen LogP contribution in [-0.2, 0) is 9.59 Å². The summed E-state index contributed by atoms with van der Waals surface area (Å²) in [6.45, 7) is 5.73. The van der Waals surface area contributed by atoms with Crippen molar-refractivity contribution in [1.29, 1.82) is 0 Å². The first kappa shape index (κ1) is 20.9. The Bertz CT molecular complexity index is 1230. The molecule has 0 bridgehead atoms. The minimum atomic E-state index is -0.749. The van der Waals surface area contributed by atoms with Gasteiger partial charge in [-0.2, -0.15) is 0 Å². The zero-order valence-corrected chi connectivity index (χ0v) is 18.3. The van der Waals surface area contributed by atoms with Gasteiger partial charge in [-0.3, -0.25) is 14.5 Å². The summed E-state index contributed by atoms with van der Waals surface area (Å²) in [5.41, 5.74) is 4.69. The van der Waals surface area contributed by atoms with Crippen molar-refractivity contribution >= 4 is 34.7 Å². The molecule has 1 N–H and O–H groups in total. The highest BCUT2D eigenvalue weighted by atomic mass is 35.5. The van der Waals surface area contributed by atoms with Crippen LogP contribution in [0.2, 0.25) is 5.02 Å². The van der Waals surface area contributed by atoms with Gasteiger partial charge in [-0.05, 0) is 62.2 Å². The molecule has 156 valence electrons. The second-order valence-electron chi connectivity index (χ2n) is 7.88. The van der Waals surface area contributed by atoms with Crippen LogP contribution in [0.1, 0.15) is 33.9 Å².